The van der Waals surface area contributed by atoms with Crippen molar-refractivity contribution in [2.75, 3.05) is 5.32 Å². The lowest BCUT2D eigenvalue weighted by molar-refractivity contribution is -0.117. The van der Waals surface area contributed by atoms with Crippen molar-refractivity contribution >= 4 is 23.3 Å². The molecule has 158 valence electrons. The number of nitrogens with zero attached hydrogens (tertiary/aromatic N) is 4. The van der Waals surface area contributed by atoms with Gasteiger partial charge in [0, 0.05) is 24.5 Å². The average Bonchev–Trinajstić information content (AvgIpc) is 3.42. The Morgan fingerprint density at radius 1 is 1.32 bits per heavy atom. The summed E-state index contributed by atoms with van der Waals surface area (Å²) in [5.41, 5.74) is 0.621. The van der Waals surface area contributed by atoms with Gasteiger partial charge in [-0.1, -0.05) is 6.92 Å². The number of rotatable bonds is 7. The second kappa shape index (κ2) is 9.00. The summed E-state index contributed by atoms with van der Waals surface area (Å²) in [6.07, 6.45) is 3.31. The molecular formula is C20H18FN7O3. The van der Waals surface area contributed by atoms with Crippen LogP contribution in [0.4, 0.5) is 10.1 Å². The molecule has 1 atom stereocenters. The number of carbonyl (C=O) groups excluding carboxylic acids is 3. The molecule has 1 aromatic carbocycles. The Hall–Kier alpha value is -4.33. The number of carbonyl (C=O) groups is 3. The van der Waals surface area contributed by atoms with Crippen LogP contribution in [0.15, 0.2) is 36.7 Å². The van der Waals surface area contributed by atoms with Gasteiger partial charge >= 0.3 is 0 Å². The number of aromatic amines is 1. The van der Waals surface area contributed by atoms with Crippen molar-refractivity contribution in [3.8, 4) is 6.07 Å². The summed E-state index contributed by atoms with van der Waals surface area (Å²) in [5, 5.41) is 24.1. The molecule has 3 rings (SSSR count). The summed E-state index contributed by atoms with van der Waals surface area (Å²) in [6.45, 7) is 1.82. The van der Waals surface area contributed by atoms with Crippen LogP contribution in [-0.2, 0) is 11.8 Å². The zero-order valence-corrected chi connectivity index (χ0v) is 16.6. The van der Waals surface area contributed by atoms with Gasteiger partial charge in [-0.15, -0.1) is 0 Å². The van der Waals surface area contributed by atoms with Crippen molar-refractivity contribution in [2.24, 2.45) is 7.05 Å². The molecule has 10 nitrogen and oxygen atoms in total. The number of benzene rings is 1. The van der Waals surface area contributed by atoms with E-state index in [2.05, 4.69) is 26.0 Å². The number of amides is 2. The smallest absolute Gasteiger partial charge is 0.292 e. The number of hydrogen-bond donors (Lipinski definition) is 3. The number of ketones is 1. The van der Waals surface area contributed by atoms with Gasteiger partial charge in [0.2, 0.25) is 0 Å². The Balaban J connectivity index is 1.73. The Kier molecular flexibility index (Phi) is 6.21. The molecule has 2 heterocycles. The normalized spacial score (nSPS) is 11.4. The molecule has 0 saturated carbocycles. The van der Waals surface area contributed by atoms with E-state index in [0.29, 0.717) is 12.1 Å². The van der Waals surface area contributed by atoms with E-state index in [4.69, 9.17) is 5.26 Å². The Labute approximate surface area is 176 Å². The van der Waals surface area contributed by atoms with E-state index in [1.807, 2.05) is 6.92 Å². The number of Topliss-reactive ketones (excluding diaryl/α,β-unsaturated/α-hetero) is 1. The lowest BCUT2D eigenvalue weighted by atomic mass is 10.1. The predicted octanol–water partition coefficient (Wildman–Crippen LogP) is 1.86. The van der Waals surface area contributed by atoms with Crippen LogP contribution < -0.4 is 10.6 Å². The van der Waals surface area contributed by atoms with E-state index in [1.165, 1.54) is 35.2 Å². The quantitative estimate of drug-likeness (QED) is 0.391. The topological polar surface area (TPSA) is 146 Å². The number of hydrogen-bond acceptors (Lipinski definition) is 6. The zero-order chi connectivity index (χ0) is 22.5. The molecule has 2 aromatic heterocycles. The van der Waals surface area contributed by atoms with Crippen molar-refractivity contribution in [1.82, 2.24) is 25.3 Å². The van der Waals surface area contributed by atoms with Gasteiger partial charge in [-0.3, -0.25) is 14.4 Å². The molecule has 0 saturated heterocycles. The number of anilines is 1. The molecule has 1 unspecified atom stereocenters. The summed E-state index contributed by atoms with van der Waals surface area (Å²) in [7, 11) is 1.54. The monoisotopic (exact) mass is 423 g/mol. The molecule has 3 aromatic rings. The zero-order valence-electron chi connectivity index (χ0n) is 16.6. The Morgan fingerprint density at radius 3 is 2.74 bits per heavy atom. The first-order valence-corrected chi connectivity index (χ1v) is 9.22. The number of nitriles is 1. The van der Waals surface area contributed by atoms with E-state index in [1.54, 1.807) is 13.1 Å². The van der Waals surface area contributed by atoms with Gasteiger partial charge < -0.3 is 15.2 Å². The number of nitrogens with one attached hydrogen (secondary N) is 3. The van der Waals surface area contributed by atoms with Crippen LogP contribution in [0.3, 0.4) is 0 Å². The minimum atomic E-state index is -0.843. The predicted molar refractivity (Wildman–Crippen MR) is 106 cm³/mol. The standard InChI is InChI=1S/C20H18FN7O3/c1-3-15(16-9-23-27-26-16)25-20(31)18(29)12-7-17(28(2)10-12)19(30)24-13-4-5-14(21)11(6-13)8-22/h4-7,9-10,15H,3H2,1-2H3,(H,24,30)(H,25,31)(H,23,26,27). The Morgan fingerprint density at radius 2 is 2.10 bits per heavy atom. The van der Waals surface area contributed by atoms with Gasteiger partial charge in [0.1, 0.15) is 23.3 Å². The third-order valence-corrected chi connectivity index (χ3v) is 4.55. The molecule has 0 aliphatic heterocycles. The van der Waals surface area contributed by atoms with Crippen molar-refractivity contribution in [3.63, 3.8) is 0 Å². The summed E-state index contributed by atoms with van der Waals surface area (Å²) < 4.78 is 14.8. The van der Waals surface area contributed by atoms with E-state index < -0.39 is 29.5 Å². The lowest BCUT2D eigenvalue weighted by Crippen LogP contribution is -2.34. The average molecular weight is 423 g/mol. The first-order valence-electron chi connectivity index (χ1n) is 9.22. The number of halogens is 1. The maximum absolute atomic E-state index is 13.4. The highest BCUT2D eigenvalue weighted by molar-refractivity contribution is 6.43. The molecular weight excluding hydrogens is 405 g/mol. The van der Waals surface area contributed by atoms with Crippen LogP contribution in [0.5, 0.6) is 0 Å². The fraction of sp³-hybridized carbons (Fsp3) is 0.200. The van der Waals surface area contributed by atoms with Crippen LogP contribution in [0, 0.1) is 17.1 Å². The largest absolute Gasteiger partial charge is 0.346 e. The third kappa shape index (κ3) is 4.64. The van der Waals surface area contributed by atoms with Gasteiger partial charge in [-0.2, -0.15) is 20.7 Å². The second-order valence-corrected chi connectivity index (χ2v) is 6.64. The minimum absolute atomic E-state index is 0.0250. The van der Waals surface area contributed by atoms with Crippen molar-refractivity contribution < 1.29 is 18.8 Å². The van der Waals surface area contributed by atoms with Crippen molar-refractivity contribution in [1.29, 1.82) is 5.26 Å². The van der Waals surface area contributed by atoms with Gasteiger partial charge in [0.15, 0.2) is 0 Å². The van der Waals surface area contributed by atoms with Crippen LogP contribution in [0.1, 0.15) is 51.5 Å². The number of aromatic nitrogens is 4. The molecule has 2 amide bonds. The van der Waals surface area contributed by atoms with E-state index in [9.17, 15) is 18.8 Å². The molecule has 3 N–H and O–H groups in total. The molecule has 0 bridgehead atoms. The first-order chi connectivity index (χ1) is 14.8. The van der Waals surface area contributed by atoms with Crippen LogP contribution >= 0.6 is 0 Å². The molecule has 0 aliphatic carbocycles. The van der Waals surface area contributed by atoms with Gasteiger partial charge in [-0.25, -0.2) is 4.39 Å². The molecule has 11 heteroatoms. The maximum atomic E-state index is 13.4. The van der Waals surface area contributed by atoms with Crippen molar-refractivity contribution in [2.45, 2.75) is 19.4 Å². The molecule has 0 fully saturated rings. The highest BCUT2D eigenvalue weighted by Crippen LogP contribution is 2.17. The van der Waals surface area contributed by atoms with Gasteiger partial charge in [-0.05, 0) is 30.7 Å². The third-order valence-electron chi connectivity index (χ3n) is 4.55. The van der Waals surface area contributed by atoms with Crippen LogP contribution in [0.25, 0.3) is 0 Å². The highest BCUT2D eigenvalue weighted by atomic mass is 19.1. The van der Waals surface area contributed by atoms with E-state index >= 15 is 0 Å². The van der Waals surface area contributed by atoms with E-state index in [0.717, 1.165) is 6.07 Å². The first kappa shape index (κ1) is 21.4. The van der Waals surface area contributed by atoms with E-state index in [-0.39, 0.29) is 22.5 Å². The number of H-pyrrole nitrogens is 1. The van der Waals surface area contributed by atoms with Crippen molar-refractivity contribution in [3.05, 3.63) is 65.0 Å². The van der Waals surface area contributed by atoms with Crippen LogP contribution in [0.2, 0.25) is 0 Å². The summed E-state index contributed by atoms with van der Waals surface area (Å²) >= 11 is 0. The molecule has 0 spiro atoms. The van der Waals surface area contributed by atoms with Gasteiger partial charge in [0.25, 0.3) is 17.6 Å². The Bertz CT molecular complexity index is 1180. The highest BCUT2D eigenvalue weighted by Gasteiger charge is 2.24. The maximum Gasteiger partial charge on any atom is 0.292 e. The lowest BCUT2D eigenvalue weighted by Gasteiger charge is -2.13. The fourth-order valence-electron chi connectivity index (χ4n) is 2.92. The summed E-state index contributed by atoms with van der Waals surface area (Å²) in [5.74, 6) is -2.95. The number of aryl methyl sites for hydroxylation is 1. The molecule has 31 heavy (non-hydrogen) atoms. The SMILES string of the molecule is CCC(NC(=O)C(=O)c1cc(C(=O)Nc2ccc(F)c(C#N)c2)n(C)c1)c1cn[nH]n1. The summed E-state index contributed by atoms with van der Waals surface area (Å²) in [6, 6.07) is 6.06. The minimum Gasteiger partial charge on any atom is -0.346 e. The molecule has 0 radical (unpaired) electrons. The second-order valence-electron chi connectivity index (χ2n) is 6.64. The fourth-order valence-corrected chi connectivity index (χ4v) is 2.92. The van der Waals surface area contributed by atoms with Crippen LogP contribution in [-0.4, -0.2) is 37.6 Å². The molecule has 0 aliphatic rings. The summed E-state index contributed by atoms with van der Waals surface area (Å²) in [4.78, 5) is 37.5. The van der Waals surface area contributed by atoms with Gasteiger partial charge in [0.05, 0.1) is 17.8 Å².